The van der Waals surface area contributed by atoms with Crippen LogP contribution < -0.4 is 10.6 Å². The van der Waals surface area contributed by atoms with Crippen molar-refractivity contribution in [3.8, 4) is 0 Å². The van der Waals surface area contributed by atoms with Crippen LogP contribution in [0.15, 0.2) is 54.6 Å². The van der Waals surface area contributed by atoms with Crippen LogP contribution in [0, 0.1) is 12.8 Å². The van der Waals surface area contributed by atoms with Crippen molar-refractivity contribution in [1.29, 1.82) is 0 Å². The molecule has 1 aliphatic carbocycles. The predicted molar refractivity (Wildman–Crippen MR) is 111 cm³/mol. The number of rotatable bonds is 6. The molecule has 2 amide bonds. The van der Waals surface area contributed by atoms with E-state index in [1.165, 1.54) is 29.5 Å². The van der Waals surface area contributed by atoms with E-state index >= 15 is 0 Å². The number of carbonyl (C=O) groups is 1. The van der Waals surface area contributed by atoms with Gasteiger partial charge in [-0.1, -0.05) is 60.2 Å². The number of ether oxygens (including phenoxy) is 1. The molecule has 0 aromatic heterocycles. The Morgan fingerprint density at radius 3 is 2.39 bits per heavy atom. The second-order valence-corrected chi connectivity index (χ2v) is 8.31. The third-order valence-corrected chi connectivity index (χ3v) is 6.24. The van der Waals surface area contributed by atoms with Gasteiger partial charge in [-0.25, -0.2) is 4.79 Å². The van der Waals surface area contributed by atoms with E-state index < -0.39 is 0 Å². The molecule has 4 heteroatoms. The fourth-order valence-electron chi connectivity index (χ4n) is 4.24. The first-order chi connectivity index (χ1) is 13.7. The quantitative estimate of drug-likeness (QED) is 0.778. The zero-order chi connectivity index (χ0) is 19.4. The third kappa shape index (κ3) is 4.39. The van der Waals surface area contributed by atoms with E-state index in [0.29, 0.717) is 12.5 Å². The molecule has 1 saturated carbocycles. The first kappa shape index (κ1) is 19.0. The molecule has 1 saturated heterocycles. The maximum Gasteiger partial charge on any atom is 0.315 e. The van der Waals surface area contributed by atoms with Crippen molar-refractivity contribution in [3.63, 3.8) is 0 Å². The van der Waals surface area contributed by atoms with Gasteiger partial charge in [-0.05, 0) is 49.7 Å². The van der Waals surface area contributed by atoms with Crippen LogP contribution in [0.5, 0.6) is 0 Å². The Hall–Kier alpha value is -2.33. The van der Waals surface area contributed by atoms with Gasteiger partial charge in [-0.15, -0.1) is 0 Å². The summed E-state index contributed by atoms with van der Waals surface area (Å²) in [7, 11) is 0. The smallest absolute Gasteiger partial charge is 0.315 e. The molecule has 2 aromatic carbocycles. The van der Waals surface area contributed by atoms with Crippen LogP contribution in [0.1, 0.15) is 48.4 Å². The fourth-order valence-corrected chi connectivity index (χ4v) is 4.24. The van der Waals surface area contributed by atoms with Crippen molar-refractivity contribution in [2.45, 2.75) is 44.1 Å². The molecule has 2 N–H and O–H groups in total. The Kier molecular flexibility index (Phi) is 5.67. The molecule has 4 rings (SSSR count). The maximum absolute atomic E-state index is 12.8. The Bertz CT molecular complexity index is 778. The number of hydrogen-bond donors (Lipinski definition) is 2. The number of carbonyl (C=O) groups excluding carboxylic acids is 1. The summed E-state index contributed by atoms with van der Waals surface area (Å²) in [6.07, 6.45) is 4.23. The summed E-state index contributed by atoms with van der Waals surface area (Å²) in [5, 5.41) is 6.42. The van der Waals surface area contributed by atoms with E-state index in [1.54, 1.807) is 0 Å². The van der Waals surface area contributed by atoms with Crippen LogP contribution in [-0.2, 0) is 10.2 Å². The number of hydrogen-bond acceptors (Lipinski definition) is 2. The van der Waals surface area contributed by atoms with E-state index in [0.717, 1.165) is 26.1 Å². The van der Waals surface area contributed by atoms with Gasteiger partial charge in [0.25, 0.3) is 0 Å². The van der Waals surface area contributed by atoms with Crippen molar-refractivity contribution >= 4 is 6.03 Å². The van der Waals surface area contributed by atoms with Gasteiger partial charge in [0.1, 0.15) is 0 Å². The van der Waals surface area contributed by atoms with Gasteiger partial charge in [0, 0.05) is 25.2 Å². The zero-order valence-electron chi connectivity index (χ0n) is 16.6. The summed E-state index contributed by atoms with van der Waals surface area (Å²) in [6.45, 7) is 4.21. The molecule has 28 heavy (non-hydrogen) atoms. The van der Waals surface area contributed by atoms with E-state index in [9.17, 15) is 4.79 Å². The lowest BCUT2D eigenvalue weighted by molar-refractivity contribution is 0.0506. The van der Waals surface area contributed by atoms with Gasteiger partial charge in [0.05, 0.1) is 6.04 Å². The number of benzene rings is 2. The third-order valence-electron chi connectivity index (χ3n) is 6.24. The molecule has 2 fully saturated rings. The van der Waals surface area contributed by atoms with E-state index in [2.05, 4.69) is 66.1 Å². The second-order valence-electron chi connectivity index (χ2n) is 8.31. The molecule has 0 radical (unpaired) electrons. The van der Waals surface area contributed by atoms with Crippen molar-refractivity contribution < 1.29 is 9.53 Å². The van der Waals surface area contributed by atoms with Crippen molar-refractivity contribution in [2.24, 2.45) is 5.92 Å². The van der Waals surface area contributed by atoms with E-state index in [-0.39, 0.29) is 17.5 Å². The average Bonchev–Trinajstić information content (AvgIpc) is 3.58. The summed E-state index contributed by atoms with van der Waals surface area (Å²) in [5.74, 6) is 0.555. The molecule has 2 aliphatic rings. The summed E-state index contributed by atoms with van der Waals surface area (Å²) < 4.78 is 5.60. The first-order valence-corrected chi connectivity index (χ1v) is 10.4. The van der Waals surface area contributed by atoms with Crippen LogP contribution in [-0.4, -0.2) is 25.8 Å². The molecule has 0 bridgehead atoms. The molecular weight excluding hydrogens is 348 g/mol. The molecule has 1 unspecified atom stereocenters. The highest BCUT2D eigenvalue weighted by molar-refractivity contribution is 5.74. The topological polar surface area (TPSA) is 50.4 Å². The van der Waals surface area contributed by atoms with Crippen LogP contribution >= 0.6 is 0 Å². The Labute approximate surface area is 167 Å². The van der Waals surface area contributed by atoms with Crippen molar-refractivity contribution in [2.75, 3.05) is 19.8 Å². The maximum atomic E-state index is 12.8. The molecule has 1 heterocycles. The van der Waals surface area contributed by atoms with Gasteiger partial charge >= 0.3 is 6.03 Å². The minimum absolute atomic E-state index is 0.0458. The minimum atomic E-state index is -0.0701. The molecule has 4 nitrogen and oxygen atoms in total. The zero-order valence-corrected chi connectivity index (χ0v) is 16.6. The molecule has 1 atom stereocenters. The number of nitrogens with one attached hydrogen (secondary N) is 2. The van der Waals surface area contributed by atoms with Gasteiger partial charge in [-0.2, -0.15) is 0 Å². The van der Waals surface area contributed by atoms with E-state index in [1.807, 2.05) is 6.07 Å². The van der Waals surface area contributed by atoms with E-state index in [4.69, 9.17) is 4.74 Å². The number of aryl methyl sites for hydroxylation is 1. The number of urea groups is 1. The van der Waals surface area contributed by atoms with Gasteiger partial charge < -0.3 is 15.4 Å². The van der Waals surface area contributed by atoms with Crippen LogP contribution in [0.3, 0.4) is 0 Å². The fraction of sp³-hybridized carbons (Fsp3) is 0.458. The van der Waals surface area contributed by atoms with Crippen LogP contribution in [0.4, 0.5) is 4.79 Å². The lowest BCUT2D eigenvalue weighted by atomic mass is 9.74. The minimum Gasteiger partial charge on any atom is -0.381 e. The molecular formula is C24H30N2O2. The lowest BCUT2D eigenvalue weighted by Crippen LogP contribution is -2.48. The molecule has 148 valence electrons. The summed E-state index contributed by atoms with van der Waals surface area (Å²) in [5.41, 5.74) is 3.69. The molecule has 0 spiro atoms. The SMILES string of the molecule is Cc1ccc(C(NC(=O)NCC2(c3ccccc3)CCOCC2)C2CC2)cc1. The van der Waals surface area contributed by atoms with Crippen LogP contribution in [0.25, 0.3) is 0 Å². The standard InChI is InChI=1S/C24H30N2O2/c1-18-7-9-19(10-8-18)22(20-11-12-20)26-23(27)25-17-24(13-15-28-16-14-24)21-5-3-2-4-6-21/h2-10,20,22H,11-17H2,1H3,(H2,25,26,27). The Balaban J connectivity index is 1.42. The largest absolute Gasteiger partial charge is 0.381 e. The molecule has 1 aliphatic heterocycles. The highest BCUT2D eigenvalue weighted by atomic mass is 16.5. The normalized spacial score (nSPS) is 19.6. The summed E-state index contributed by atoms with van der Waals surface area (Å²) in [4.78, 5) is 12.8. The Morgan fingerprint density at radius 2 is 1.75 bits per heavy atom. The van der Waals surface area contributed by atoms with Crippen molar-refractivity contribution in [3.05, 3.63) is 71.3 Å². The highest BCUT2D eigenvalue weighted by Crippen LogP contribution is 2.41. The highest BCUT2D eigenvalue weighted by Gasteiger charge is 2.36. The lowest BCUT2D eigenvalue weighted by Gasteiger charge is -2.38. The average molecular weight is 379 g/mol. The Morgan fingerprint density at radius 1 is 1.07 bits per heavy atom. The van der Waals surface area contributed by atoms with Gasteiger partial charge in [0.2, 0.25) is 0 Å². The van der Waals surface area contributed by atoms with Crippen molar-refractivity contribution in [1.82, 2.24) is 10.6 Å². The van der Waals surface area contributed by atoms with Crippen LogP contribution in [0.2, 0.25) is 0 Å². The van der Waals surface area contributed by atoms with Gasteiger partial charge in [-0.3, -0.25) is 0 Å². The van der Waals surface area contributed by atoms with Gasteiger partial charge in [0.15, 0.2) is 0 Å². The first-order valence-electron chi connectivity index (χ1n) is 10.4. The summed E-state index contributed by atoms with van der Waals surface area (Å²) >= 11 is 0. The predicted octanol–water partition coefficient (Wildman–Crippen LogP) is 4.49. The number of amides is 2. The summed E-state index contributed by atoms with van der Waals surface area (Å²) in [6, 6.07) is 19.1. The molecule has 2 aromatic rings. The second kappa shape index (κ2) is 8.36. The monoisotopic (exact) mass is 378 g/mol.